The van der Waals surface area contributed by atoms with E-state index in [9.17, 15) is 0 Å². The average molecular weight is 150 g/mol. The van der Waals surface area contributed by atoms with E-state index in [0.29, 0.717) is 5.25 Å². The molecule has 0 aromatic rings. The van der Waals surface area contributed by atoms with Crippen LogP contribution >= 0.6 is 22.5 Å². The lowest BCUT2D eigenvalue weighted by Crippen LogP contribution is -1.98. The van der Waals surface area contributed by atoms with Crippen molar-refractivity contribution in [3.05, 3.63) is 0 Å². The van der Waals surface area contributed by atoms with E-state index in [-0.39, 0.29) is 0 Å². The molecule has 0 radical (unpaired) electrons. The molecule has 0 bridgehead atoms. The van der Waals surface area contributed by atoms with Crippen LogP contribution in [0.4, 0.5) is 0 Å². The summed E-state index contributed by atoms with van der Waals surface area (Å²) in [7, 11) is 1.65. The highest BCUT2D eigenvalue weighted by molar-refractivity contribution is 8.68. The summed E-state index contributed by atoms with van der Waals surface area (Å²) in [6, 6.07) is 0. The molecule has 0 N–H and O–H groups in total. The van der Waals surface area contributed by atoms with Gasteiger partial charge in [0.05, 0.1) is 0 Å². The second-order valence-electron chi connectivity index (χ2n) is 2.55. The molecule has 0 aliphatic rings. The largest absolute Gasteiger partial charge is 0.111 e. The van der Waals surface area contributed by atoms with Gasteiger partial charge in [-0.3, -0.25) is 0 Å². The first-order chi connectivity index (χ1) is 3.66. The van der Waals surface area contributed by atoms with E-state index in [4.69, 9.17) is 0 Å². The topological polar surface area (TPSA) is 0 Å². The summed E-state index contributed by atoms with van der Waals surface area (Å²) in [5, 5.41) is 0.707. The Morgan fingerprint density at radius 2 is 1.88 bits per heavy atom. The monoisotopic (exact) mass is 150 g/mol. The van der Waals surface area contributed by atoms with Crippen molar-refractivity contribution in [3.8, 4) is 0 Å². The highest BCUT2D eigenvalue weighted by Crippen LogP contribution is 2.20. The number of rotatable bonds is 3. The molecular weight excluding hydrogens is 136 g/mol. The molecule has 0 aromatic carbocycles. The molecule has 0 rings (SSSR count). The minimum atomic E-state index is 0.707. The van der Waals surface area contributed by atoms with E-state index in [1.165, 1.54) is 6.42 Å². The highest BCUT2D eigenvalue weighted by atomic mass is 33.1. The van der Waals surface area contributed by atoms with Crippen molar-refractivity contribution >= 4 is 22.5 Å². The van der Waals surface area contributed by atoms with Gasteiger partial charge in [0, 0.05) is 5.25 Å². The van der Waals surface area contributed by atoms with Crippen LogP contribution in [0.1, 0.15) is 27.2 Å². The molecule has 0 nitrogen and oxygen atoms in total. The van der Waals surface area contributed by atoms with Crippen molar-refractivity contribution in [2.45, 2.75) is 32.4 Å². The summed E-state index contributed by atoms with van der Waals surface area (Å²) >= 11 is 4.11. The molecule has 0 spiro atoms. The summed E-state index contributed by atoms with van der Waals surface area (Å²) in [5.41, 5.74) is 0. The van der Waals surface area contributed by atoms with E-state index in [1.54, 1.807) is 10.8 Å². The lowest BCUT2D eigenvalue weighted by molar-refractivity contribution is 0.586. The fourth-order valence-corrected chi connectivity index (χ4v) is 1.44. The Kier molecular flexibility index (Phi) is 4.97. The molecule has 1 atom stereocenters. The smallest absolute Gasteiger partial charge is 0.0123 e. The number of hydrogen-bond donors (Lipinski definition) is 1. The number of hydrogen-bond acceptors (Lipinski definition) is 2. The highest BCUT2D eigenvalue weighted by Gasteiger charge is 2.01. The molecule has 1 unspecified atom stereocenters. The Hall–Kier alpha value is 0.700. The van der Waals surface area contributed by atoms with Gasteiger partial charge in [0.15, 0.2) is 0 Å². The van der Waals surface area contributed by atoms with Gasteiger partial charge in [-0.2, -0.15) is 0 Å². The van der Waals surface area contributed by atoms with Crippen LogP contribution in [0.5, 0.6) is 0 Å². The van der Waals surface area contributed by atoms with Crippen LogP contribution in [0.15, 0.2) is 0 Å². The second-order valence-corrected chi connectivity index (χ2v) is 4.19. The minimum absolute atomic E-state index is 0.707. The maximum absolute atomic E-state index is 4.11. The molecule has 0 fully saturated rings. The van der Waals surface area contributed by atoms with E-state index in [1.807, 2.05) is 0 Å². The summed E-state index contributed by atoms with van der Waals surface area (Å²) in [4.78, 5) is 0. The molecule has 50 valence electrons. The minimum Gasteiger partial charge on any atom is -0.111 e. The van der Waals surface area contributed by atoms with Crippen LogP contribution in [0, 0.1) is 5.92 Å². The molecule has 0 heterocycles. The van der Waals surface area contributed by atoms with Gasteiger partial charge < -0.3 is 0 Å². The molecule has 0 aromatic heterocycles. The molecule has 0 saturated heterocycles. The van der Waals surface area contributed by atoms with Crippen LogP contribution < -0.4 is 0 Å². The Morgan fingerprint density at radius 1 is 1.38 bits per heavy atom. The van der Waals surface area contributed by atoms with Crippen LogP contribution in [-0.4, -0.2) is 5.25 Å². The maximum atomic E-state index is 4.11. The maximum Gasteiger partial charge on any atom is 0.0123 e. The quantitative estimate of drug-likeness (QED) is 0.476. The Bertz CT molecular complexity index is 52.5. The Balaban J connectivity index is 3.10. The molecule has 0 amide bonds. The zero-order valence-corrected chi connectivity index (χ0v) is 7.43. The Morgan fingerprint density at radius 3 is 2.00 bits per heavy atom. The lowest BCUT2D eigenvalue weighted by atomic mass is 10.1. The predicted octanol–water partition coefficient (Wildman–Crippen LogP) is 3.00. The van der Waals surface area contributed by atoms with Crippen molar-refractivity contribution in [3.63, 3.8) is 0 Å². The molecular formula is C6H14S2. The third kappa shape index (κ3) is 4.85. The van der Waals surface area contributed by atoms with Crippen molar-refractivity contribution in [1.82, 2.24) is 0 Å². The van der Waals surface area contributed by atoms with E-state index >= 15 is 0 Å². The first-order valence-corrected chi connectivity index (χ1v) is 4.90. The van der Waals surface area contributed by atoms with E-state index < -0.39 is 0 Å². The van der Waals surface area contributed by atoms with Gasteiger partial charge in [0.1, 0.15) is 0 Å². The summed E-state index contributed by atoms with van der Waals surface area (Å²) in [6.07, 6.45) is 1.27. The van der Waals surface area contributed by atoms with Gasteiger partial charge in [-0.15, -0.1) is 11.7 Å². The van der Waals surface area contributed by atoms with Gasteiger partial charge >= 0.3 is 0 Å². The van der Waals surface area contributed by atoms with Crippen molar-refractivity contribution < 1.29 is 0 Å². The van der Waals surface area contributed by atoms with Crippen molar-refractivity contribution in [2.24, 2.45) is 5.92 Å². The van der Waals surface area contributed by atoms with E-state index in [0.717, 1.165) is 5.92 Å². The third-order valence-electron chi connectivity index (χ3n) is 0.983. The average Bonchev–Trinajstić information content (AvgIpc) is 1.65. The summed E-state index contributed by atoms with van der Waals surface area (Å²) < 4.78 is 0. The SMILES string of the molecule is CC(C)CC(C)SS. The zero-order chi connectivity index (χ0) is 6.57. The summed E-state index contributed by atoms with van der Waals surface area (Å²) in [6.45, 7) is 6.68. The third-order valence-corrected chi connectivity index (χ3v) is 2.62. The van der Waals surface area contributed by atoms with Gasteiger partial charge in [-0.25, -0.2) is 0 Å². The molecule has 0 aliphatic carbocycles. The van der Waals surface area contributed by atoms with Gasteiger partial charge in [0.2, 0.25) is 0 Å². The van der Waals surface area contributed by atoms with Crippen molar-refractivity contribution in [1.29, 1.82) is 0 Å². The lowest BCUT2D eigenvalue weighted by Gasteiger charge is -2.08. The van der Waals surface area contributed by atoms with Gasteiger partial charge in [-0.1, -0.05) is 31.6 Å². The fourth-order valence-electron chi connectivity index (χ4n) is 0.707. The van der Waals surface area contributed by atoms with Gasteiger partial charge in [-0.05, 0) is 12.3 Å². The Labute approximate surface area is 61.2 Å². The predicted molar refractivity (Wildman–Crippen MR) is 45.5 cm³/mol. The van der Waals surface area contributed by atoms with Crippen LogP contribution in [0.2, 0.25) is 0 Å². The molecule has 0 saturated carbocycles. The molecule has 2 heteroatoms. The molecule has 0 aliphatic heterocycles. The van der Waals surface area contributed by atoms with Crippen molar-refractivity contribution in [2.75, 3.05) is 0 Å². The second kappa shape index (κ2) is 4.57. The van der Waals surface area contributed by atoms with Gasteiger partial charge in [0.25, 0.3) is 0 Å². The fraction of sp³-hybridized carbons (Fsp3) is 1.00. The summed E-state index contributed by atoms with van der Waals surface area (Å²) in [5.74, 6) is 0.810. The van der Waals surface area contributed by atoms with Crippen LogP contribution in [-0.2, 0) is 0 Å². The normalized spacial score (nSPS) is 14.6. The zero-order valence-electron chi connectivity index (χ0n) is 5.72. The van der Waals surface area contributed by atoms with Crippen LogP contribution in [0.25, 0.3) is 0 Å². The standard InChI is InChI=1S/C6H14S2/c1-5(2)4-6(3)8-7/h5-7H,4H2,1-3H3. The first-order valence-electron chi connectivity index (χ1n) is 2.97. The first kappa shape index (κ1) is 8.70. The molecule has 8 heavy (non-hydrogen) atoms. The van der Waals surface area contributed by atoms with E-state index in [2.05, 4.69) is 32.4 Å². The van der Waals surface area contributed by atoms with Crippen LogP contribution in [0.3, 0.4) is 0 Å². The number of thiol groups is 1.